The van der Waals surface area contributed by atoms with E-state index in [0.29, 0.717) is 11.1 Å². The van der Waals surface area contributed by atoms with Gasteiger partial charge < -0.3 is 5.73 Å². The predicted molar refractivity (Wildman–Crippen MR) is 60.7 cm³/mol. The summed E-state index contributed by atoms with van der Waals surface area (Å²) in [4.78, 5) is 0. The molecule has 1 nitrogen and oxygen atoms in total. The van der Waals surface area contributed by atoms with Gasteiger partial charge in [-0.1, -0.05) is 6.07 Å². The highest BCUT2D eigenvalue weighted by atomic mass is 19.4. The van der Waals surface area contributed by atoms with Gasteiger partial charge in [-0.15, -0.1) is 0 Å². The van der Waals surface area contributed by atoms with Crippen LogP contribution >= 0.6 is 0 Å². The van der Waals surface area contributed by atoms with Gasteiger partial charge in [-0.3, -0.25) is 0 Å². The second-order valence-corrected chi connectivity index (χ2v) is 4.87. The highest BCUT2D eigenvalue weighted by Gasteiger charge is 2.47. The van der Waals surface area contributed by atoms with E-state index in [2.05, 4.69) is 0 Å². The minimum atomic E-state index is -4.40. The standard InChI is InChI=1S/C13H15F4N/c1-8-6-10(13(15,16)17)4-5-11(8)12(14,7-18)9-2-3-9/h4-6,9H,2-3,7,18H2,1H3. The van der Waals surface area contributed by atoms with Crippen molar-refractivity contribution in [3.05, 3.63) is 34.9 Å². The van der Waals surface area contributed by atoms with Gasteiger partial charge in [0, 0.05) is 6.54 Å². The maximum Gasteiger partial charge on any atom is 0.416 e. The molecule has 1 aromatic rings. The van der Waals surface area contributed by atoms with E-state index >= 15 is 0 Å². The summed E-state index contributed by atoms with van der Waals surface area (Å²) in [5, 5.41) is 0. The summed E-state index contributed by atoms with van der Waals surface area (Å²) in [5.74, 6) is -0.155. The van der Waals surface area contributed by atoms with E-state index in [1.807, 2.05) is 0 Å². The Labute approximate surface area is 103 Å². The zero-order valence-corrected chi connectivity index (χ0v) is 10.0. The Morgan fingerprint density at radius 2 is 1.83 bits per heavy atom. The van der Waals surface area contributed by atoms with Crippen LogP contribution in [0.5, 0.6) is 0 Å². The molecule has 18 heavy (non-hydrogen) atoms. The van der Waals surface area contributed by atoms with Gasteiger partial charge >= 0.3 is 6.18 Å². The quantitative estimate of drug-likeness (QED) is 0.827. The normalized spacial score (nSPS) is 19.7. The van der Waals surface area contributed by atoms with Crippen molar-refractivity contribution in [3.63, 3.8) is 0 Å². The van der Waals surface area contributed by atoms with Crippen LogP contribution in [0.1, 0.15) is 29.5 Å². The lowest BCUT2D eigenvalue weighted by atomic mass is 9.87. The van der Waals surface area contributed by atoms with Gasteiger partial charge in [0.2, 0.25) is 0 Å². The number of benzene rings is 1. The largest absolute Gasteiger partial charge is 0.416 e. The van der Waals surface area contributed by atoms with Crippen molar-refractivity contribution in [1.82, 2.24) is 0 Å². The summed E-state index contributed by atoms with van der Waals surface area (Å²) in [5.41, 5.74) is 3.64. The van der Waals surface area contributed by atoms with E-state index < -0.39 is 17.4 Å². The fourth-order valence-corrected chi connectivity index (χ4v) is 2.34. The Hall–Kier alpha value is -1.10. The number of alkyl halides is 4. The SMILES string of the molecule is Cc1cc(C(F)(F)F)ccc1C(F)(CN)C1CC1. The van der Waals surface area contributed by atoms with E-state index in [9.17, 15) is 17.6 Å². The average Bonchev–Trinajstić information content (AvgIpc) is 3.10. The monoisotopic (exact) mass is 261 g/mol. The molecule has 0 bridgehead atoms. The highest BCUT2D eigenvalue weighted by molar-refractivity contribution is 5.38. The maximum absolute atomic E-state index is 14.7. The third kappa shape index (κ3) is 2.23. The second kappa shape index (κ2) is 4.23. The highest BCUT2D eigenvalue weighted by Crippen LogP contribution is 2.49. The number of hydrogen-bond acceptors (Lipinski definition) is 1. The molecule has 100 valence electrons. The fraction of sp³-hybridized carbons (Fsp3) is 0.538. The first-order valence-corrected chi connectivity index (χ1v) is 5.86. The zero-order chi connectivity index (χ0) is 13.6. The molecule has 1 fully saturated rings. The molecule has 0 saturated heterocycles. The molecule has 1 atom stereocenters. The summed E-state index contributed by atoms with van der Waals surface area (Å²) in [6, 6.07) is 3.14. The molecular weight excluding hydrogens is 246 g/mol. The number of hydrogen-bond donors (Lipinski definition) is 1. The summed E-state index contributed by atoms with van der Waals surface area (Å²) >= 11 is 0. The van der Waals surface area contributed by atoms with Gasteiger partial charge in [0.25, 0.3) is 0 Å². The molecule has 1 unspecified atom stereocenters. The summed E-state index contributed by atoms with van der Waals surface area (Å²) in [6.45, 7) is 1.31. The topological polar surface area (TPSA) is 26.0 Å². The molecule has 2 N–H and O–H groups in total. The predicted octanol–water partition coefficient (Wildman–Crippen LogP) is 3.55. The lowest BCUT2D eigenvalue weighted by Crippen LogP contribution is -2.33. The molecule has 1 aliphatic carbocycles. The number of rotatable bonds is 3. The van der Waals surface area contributed by atoms with E-state index in [1.165, 1.54) is 13.0 Å². The zero-order valence-electron chi connectivity index (χ0n) is 10.0. The maximum atomic E-state index is 14.7. The van der Waals surface area contributed by atoms with Crippen LogP contribution < -0.4 is 5.73 Å². The van der Waals surface area contributed by atoms with E-state index in [4.69, 9.17) is 5.73 Å². The molecule has 1 saturated carbocycles. The first kappa shape index (κ1) is 13.3. The molecule has 0 aromatic heterocycles. The van der Waals surface area contributed by atoms with Gasteiger partial charge in [-0.25, -0.2) is 4.39 Å². The van der Waals surface area contributed by atoms with E-state index in [0.717, 1.165) is 25.0 Å². The van der Waals surface area contributed by atoms with Crippen molar-refractivity contribution in [2.24, 2.45) is 11.7 Å². The van der Waals surface area contributed by atoms with Gasteiger partial charge in [0.05, 0.1) is 5.56 Å². The van der Waals surface area contributed by atoms with Crippen molar-refractivity contribution in [3.8, 4) is 0 Å². The lowest BCUT2D eigenvalue weighted by Gasteiger charge is -2.26. The number of aryl methyl sites for hydroxylation is 1. The molecule has 0 radical (unpaired) electrons. The van der Waals surface area contributed by atoms with Gasteiger partial charge in [-0.2, -0.15) is 13.2 Å². The molecule has 0 aliphatic heterocycles. The smallest absolute Gasteiger partial charge is 0.327 e. The van der Waals surface area contributed by atoms with Crippen LogP contribution in [0.3, 0.4) is 0 Å². The van der Waals surface area contributed by atoms with Crippen molar-refractivity contribution >= 4 is 0 Å². The van der Waals surface area contributed by atoms with Crippen LogP contribution in [0.15, 0.2) is 18.2 Å². The van der Waals surface area contributed by atoms with Crippen molar-refractivity contribution in [2.45, 2.75) is 31.6 Å². The Morgan fingerprint density at radius 3 is 2.22 bits per heavy atom. The van der Waals surface area contributed by atoms with Crippen LogP contribution in [0.2, 0.25) is 0 Å². The molecule has 1 aromatic carbocycles. The van der Waals surface area contributed by atoms with Crippen LogP contribution in [0.25, 0.3) is 0 Å². The summed E-state index contributed by atoms with van der Waals surface area (Å²) in [6.07, 6.45) is -2.91. The van der Waals surface area contributed by atoms with E-state index in [-0.39, 0.29) is 12.5 Å². The number of halogens is 4. The fourth-order valence-electron chi connectivity index (χ4n) is 2.34. The minimum Gasteiger partial charge on any atom is -0.327 e. The summed E-state index contributed by atoms with van der Waals surface area (Å²) < 4.78 is 52.3. The second-order valence-electron chi connectivity index (χ2n) is 4.87. The van der Waals surface area contributed by atoms with Gasteiger partial charge in [0.1, 0.15) is 0 Å². The third-order valence-corrected chi connectivity index (χ3v) is 3.52. The third-order valence-electron chi connectivity index (χ3n) is 3.52. The van der Waals surface area contributed by atoms with Crippen LogP contribution in [0.4, 0.5) is 17.6 Å². The molecular formula is C13H15F4N. The number of nitrogens with two attached hydrogens (primary N) is 1. The molecule has 0 amide bonds. The van der Waals surface area contributed by atoms with Crippen molar-refractivity contribution in [1.29, 1.82) is 0 Å². The van der Waals surface area contributed by atoms with E-state index in [1.54, 1.807) is 0 Å². The van der Waals surface area contributed by atoms with Crippen LogP contribution in [-0.4, -0.2) is 6.54 Å². The average molecular weight is 261 g/mol. The molecule has 0 spiro atoms. The molecule has 5 heteroatoms. The Balaban J connectivity index is 2.41. The van der Waals surface area contributed by atoms with Crippen LogP contribution in [-0.2, 0) is 11.8 Å². The first-order chi connectivity index (χ1) is 8.29. The van der Waals surface area contributed by atoms with Crippen molar-refractivity contribution in [2.75, 3.05) is 6.54 Å². The molecule has 1 aliphatic rings. The van der Waals surface area contributed by atoms with Crippen molar-refractivity contribution < 1.29 is 17.6 Å². The molecule has 0 heterocycles. The Bertz CT molecular complexity index is 451. The first-order valence-electron chi connectivity index (χ1n) is 5.86. The molecule has 2 rings (SSSR count). The summed E-state index contributed by atoms with van der Waals surface area (Å²) in [7, 11) is 0. The van der Waals surface area contributed by atoms with Crippen LogP contribution in [0, 0.1) is 12.8 Å². The Kier molecular flexibility index (Phi) is 3.13. The lowest BCUT2D eigenvalue weighted by molar-refractivity contribution is -0.137. The minimum absolute atomic E-state index is 0.155. The Morgan fingerprint density at radius 1 is 1.22 bits per heavy atom. The van der Waals surface area contributed by atoms with Gasteiger partial charge in [0.15, 0.2) is 5.67 Å². The van der Waals surface area contributed by atoms with Gasteiger partial charge in [-0.05, 0) is 48.9 Å².